The maximum Gasteiger partial charge on any atom is 0.308 e. The average Bonchev–Trinajstić information content (AvgIpc) is 3.22. The van der Waals surface area contributed by atoms with Gasteiger partial charge in [-0.25, -0.2) is 0 Å². The molecule has 1 heterocycles. The number of hydrogen-bond donors (Lipinski definition) is 0. The van der Waals surface area contributed by atoms with Crippen LogP contribution in [0.15, 0.2) is 53.7 Å². The molecule has 0 aromatic heterocycles. The fourth-order valence-electron chi connectivity index (χ4n) is 3.13. The van der Waals surface area contributed by atoms with Crippen LogP contribution in [0.4, 0.5) is 11.4 Å². The molecule has 0 bridgehead atoms. The van der Waals surface area contributed by atoms with Crippen molar-refractivity contribution < 1.29 is 19.1 Å². The number of rotatable bonds is 7. The van der Waals surface area contributed by atoms with E-state index in [0.717, 1.165) is 5.69 Å². The van der Waals surface area contributed by atoms with E-state index in [1.807, 2.05) is 4.90 Å². The second-order valence-electron chi connectivity index (χ2n) is 6.71. The lowest BCUT2D eigenvalue weighted by Crippen LogP contribution is -2.31. The lowest BCUT2D eigenvalue weighted by atomic mass is 10.1. The van der Waals surface area contributed by atoms with Crippen LogP contribution < -0.4 is 9.64 Å². The highest BCUT2D eigenvalue weighted by Gasteiger charge is 2.24. The van der Waals surface area contributed by atoms with Crippen LogP contribution in [0.5, 0.6) is 5.75 Å². The number of ketones is 1. The van der Waals surface area contributed by atoms with Crippen LogP contribution in [0.3, 0.4) is 0 Å². The van der Waals surface area contributed by atoms with E-state index in [4.69, 9.17) is 4.74 Å². The van der Waals surface area contributed by atoms with Crippen LogP contribution in [0.1, 0.15) is 30.1 Å². The zero-order valence-corrected chi connectivity index (χ0v) is 16.0. The molecule has 1 amide bonds. The van der Waals surface area contributed by atoms with Crippen LogP contribution in [0, 0.1) is 4.91 Å². The summed E-state index contributed by atoms with van der Waals surface area (Å²) in [6.07, 6.45) is 0.244. The lowest BCUT2D eigenvalue weighted by molar-refractivity contribution is -0.132. The van der Waals surface area contributed by atoms with Crippen LogP contribution in [0.25, 0.3) is 0 Å². The van der Waals surface area contributed by atoms with Gasteiger partial charge in [0.25, 0.3) is 0 Å². The third kappa shape index (κ3) is 5.25. The molecule has 1 aliphatic heterocycles. The molecule has 2 aromatic rings. The normalized spacial score (nSPS) is 13.3. The van der Waals surface area contributed by atoms with Crippen molar-refractivity contribution in [2.24, 2.45) is 5.18 Å². The van der Waals surface area contributed by atoms with Crippen LogP contribution in [-0.4, -0.2) is 42.3 Å². The van der Waals surface area contributed by atoms with Gasteiger partial charge in [-0.15, -0.1) is 4.91 Å². The molecular weight excluding hydrogens is 374 g/mol. The van der Waals surface area contributed by atoms with Crippen LogP contribution in [0.2, 0.25) is 0 Å². The van der Waals surface area contributed by atoms with Crippen molar-refractivity contribution in [3.05, 3.63) is 59.0 Å². The minimum absolute atomic E-state index is 0.0800. The van der Waals surface area contributed by atoms with Gasteiger partial charge in [-0.1, -0.05) is 0 Å². The number of hydrogen-bond acceptors (Lipinski definition) is 7. The maximum absolute atomic E-state index is 12.5. The van der Waals surface area contributed by atoms with Gasteiger partial charge >= 0.3 is 5.97 Å². The first-order valence-electron chi connectivity index (χ1n) is 9.24. The van der Waals surface area contributed by atoms with Crippen LogP contribution >= 0.6 is 0 Å². The van der Waals surface area contributed by atoms with Crippen molar-refractivity contribution in [3.63, 3.8) is 0 Å². The van der Waals surface area contributed by atoms with Crippen LogP contribution in [-0.2, 0) is 9.59 Å². The molecule has 0 aliphatic carbocycles. The van der Waals surface area contributed by atoms with E-state index in [2.05, 4.69) is 5.18 Å². The number of esters is 1. The summed E-state index contributed by atoms with van der Waals surface area (Å²) in [4.78, 5) is 50.0. The Morgan fingerprint density at radius 1 is 0.966 bits per heavy atom. The van der Waals surface area contributed by atoms with Gasteiger partial charge in [0.15, 0.2) is 5.78 Å². The molecule has 2 aromatic carbocycles. The molecule has 0 spiro atoms. The largest absolute Gasteiger partial charge is 0.427 e. The summed E-state index contributed by atoms with van der Waals surface area (Å²) in [7, 11) is 0. The second-order valence-corrected chi connectivity index (χ2v) is 6.71. The highest BCUT2D eigenvalue weighted by molar-refractivity contribution is 5.98. The standard InChI is InChI=1S/C21H21N3O5/c1-15(25)29-19-8-2-16(3-9-19)20(26)10-11-21(27)24-13-12-23(14-24)18-6-4-17(22-28)5-7-18/h2-9H,10-14H2,1H3. The molecule has 0 radical (unpaired) electrons. The molecule has 150 valence electrons. The fourth-order valence-corrected chi connectivity index (χ4v) is 3.13. The van der Waals surface area contributed by atoms with E-state index < -0.39 is 5.97 Å². The summed E-state index contributed by atoms with van der Waals surface area (Å²) in [5.74, 6) is -0.269. The van der Waals surface area contributed by atoms with Crippen molar-refractivity contribution in [1.82, 2.24) is 4.90 Å². The summed E-state index contributed by atoms with van der Waals surface area (Å²) in [6, 6.07) is 13.2. The Hall–Kier alpha value is -3.55. The predicted octanol–water partition coefficient (Wildman–Crippen LogP) is 3.28. The highest BCUT2D eigenvalue weighted by atomic mass is 16.5. The smallest absolute Gasteiger partial charge is 0.308 e. The lowest BCUT2D eigenvalue weighted by Gasteiger charge is -2.20. The van der Waals surface area contributed by atoms with E-state index in [1.54, 1.807) is 53.4 Å². The summed E-state index contributed by atoms with van der Waals surface area (Å²) >= 11 is 0. The Kier molecular flexibility index (Phi) is 6.33. The number of carbonyl (C=O) groups is 3. The summed E-state index contributed by atoms with van der Waals surface area (Å²) in [5.41, 5.74) is 1.75. The fraction of sp³-hybridized carbons (Fsp3) is 0.286. The number of nitroso groups, excluding NO2 is 1. The second kappa shape index (κ2) is 9.09. The number of nitrogens with zero attached hydrogens (tertiary/aromatic N) is 3. The molecule has 8 nitrogen and oxygen atoms in total. The summed E-state index contributed by atoms with van der Waals surface area (Å²) < 4.78 is 4.94. The highest BCUT2D eigenvalue weighted by Crippen LogP contribution is 2.22. The van der Waals surface area contributed by atoms with E-state index >= 15 is 0 Å². The molecule has 3 rings (SSSR count). The quantitative estimate of drug-likeness (QED) is 0.309. The predicted molar refractivity (Wildman–Crippen MR) is 107 cm³/mol. The van der Waals surface area contributed by atoms with Gasteiger partial charge in [-0.3, -0.25) is 14.4 Å². The first-order chi connectivity index (χ1) is 14.0. The monoisotopic (exact) mass is 395 g/mol. The summed E-state index contributed by atoms with van der Waals surface area (Å²) in [5, 5.41) is 2.88. The van der Waals surface area contributed by atoms with Gasteiger partial charge < -0.3 is 14.5 Å². The molecule has 0 atom stereocenters. The Morgan fingerprint density at radius 2 is 1.66 bits per heavy atom. The number of anilines is 1. The molecule has 29 heavy (non-hydrogen) atoms. The number of benzene rings is 2. The first kappa shape index (κ1) is 20.2. The van der Waals surface area contributed by atoms with E-state index in [0.29, 0.717) is 36.8 Å². The SMILES string of the molecule is CC(=O)Oc1ccc(C(=O)CCC(=O)N2CCN(c3ccc(N=O)cc3)C2)cc1. The maximum atomic E-state index is 12.5. The van der Waals surface area contributed by atoms with Gasteiger partial charge in [-0.2, -0.15) is 0 Å². The topological polar surface area (TPSA) is 96.3 Å². The Morgan fingerprint density at radius 3 is 2.28 bits per heavy atom. The van der Waals surface area contributed by atoms with Gasteiger partial charge in [0, 0.05) is 44.1 Å². The summed E-state index contributed by atoms with van der Waals surface area (Å²) in [6.45, 7) is 3.02. The zero-order valence-electron chi connectivity index (χ0n) is 16.0. The minimum Gasteiger partial charge on any atom is -0.427 e. The first-order valence-corrected chi connectivity index (χ1v) is 9.24. The minimum atomic E-state index is -0.425. The number of ether oxygens (including phenoxy) is 1. The number of amides is 1. The van der Waals surface area contributed by atoms with E-state index in [9.17, 15) is 19.3 Å². The third-order valence-corrected chi connectivity index (χ3v) is 4.66. The number of Topliss-reactive ketones (excluding diaryl/α,β-unsaturated/α-hetero) is 1. The Balaban J connectivity index is 1.49. The molecule has 0 N–H and O–H groups in total. The Labute approximate surface area is 168 Å². The average molecular weight is 395 g/mol. The van der Waals surface area contributed by atoms with Gasteiger partial charge in [0.05, 0.1) is 6.67 Å². The molecule has 8 heteroatoms. The van der Waals surface area contributed by atoms with Crippen molar-refractivity contribution >= 4 is 29.0 Å². The third-order valence-electron chi connectivity index (χ3n) is 4.66. The molecule has 0 unspecified atom stereocenters. The zero-order chi connectivity index (χ0) is 20.8. The molecule has 1 saturated heterocycles. The number of carbonyl (C=O) groups excluding carboxylic acids is 3. The molecule has 1 fully saturated rings. The molecular formula is C21H21N3O5. The van der Waals surface area contributed by atoms with Crippen molar-refractivity contribution in [1.29, 1.82) is 0 Å². The molecule has 0 saturated carbocycles. The van der Waals surface area contributed by atoms with Gasteiger partial charge in [0.1, 0.15) is 11.4 Å². The Bertz CT molecular complexity index is 909. The van der Waals surface area contributed by atoms with E-state index in [-0.39, 0.29) is 24.5 Å². The van der Waals surface area contributed by atoms with Crippen molar-refractivity contribution in [3.8, 4) is 5.75 Å². The molecule has 1 aliphatic rings. The van der Waals surface area contributed by atoms with E-state index in [1.165, 1.54) is 6.92 Å². The van der Waals surface area contributed by atoms with Gasteiger partial charge in [-0.05, 0) is 53.7 Å². The van der Waals surface area contributed by atoms with Crippen molar-refractivity contribution in [2.75, 3.05) is 24.7 Å². The van der Waals surface area contributed by atoms with Crippen molar-refractivity contribution in [2.45, 2.75) is 19.8 Å². The van der Waals surface area contributed by atoms with Gasteiger partial charge in [0.2, 0.25) is 5.91 Å².